The summed E-state index contributed by atoms with van der Waals surface area (Å²) in [7, 11) is 1.82. The highest BCUT2D eigenvalue weighted by atomic mass is 16.5. The monoisotopic (exact) mass is 331 g/mol. The molecule has 1 aliphatic heterocycles. The Morgan fingerprint density at radius 3 is 2.58 bits per heavy atom. The van der Waals surface area contributed by atoms with Crippen LogP contribution in [-0.2, 0) is 6.54 Å². The van der Waals surface area contributed by atoms with Crippen LogP contribution in [0.25, 0.3) is 0 Å². The second-order valence-electron chi connectivity index (χ2n) is 6.82. The van der Waals surface area contributed by atoms with Gasteiger partial charge in [0, 0.05) is 26.6 Å². The average Bonchev–Trinajstić information content (AvgIpc) is 2.81. The van der Waals surface area contributed by atoms with Crippen molar-refractivity contribution in [1.82, 2.24) is 10.6 Å². The summed E-state index contributed by atoms with van der Waals surface area (Å²) in [5.41, 5.74) is 1.64. The van der Waals surface area contributed by atoms with Crippen LogP contribution in [0.2, 0.25) is 0 Å². The van der Waals surface area contributed by atoms with Crippen LogP contribution in [0.1, 0.15) is 44.6 Å². The van der Waals surface area contributed by atoms with Crippen LogP contribution in [0.4, 0.5) is 0 Å². The maximum absolute atomic E-state index is 5.75. The Bertz CT molecular complexity index is 576. The lowest BCUT2D eigenvalue weighted by Crippen LogP contribution is -2.46. The first-order chi connectivity index (χ1) is 11.7. The van der Waals surface area contributed by atoms with Crippen molar-refractivity contribution < 1.29 is 9.47 Å². The molecular formula is C19H29N3O2. The van der Waals surface area contributed by atoms with Crippen LogP contribution in [0.3, 0.4) is 0 Å². The quantitative estimate of drug-likeness (QED) is 0.643. The molecule has 0 radical (unpaired) electrons. The van der Waals surface area contributed by atoms with Gasteiger partial charge in [0.2, 0.25) is 0 Å². The summed E-state index contributed by atoms with van der Waals surface area (Å²) in [6.07, 6.45) is 6.18. The van der Waals surface area contributed by atoms with Crippen LogP contribution in [-0.4, -0.2) is 32.8 Å². The largest absolute Gasteiger partial charge is 0.490 e. The van der Waals surface area contributed by atoms with Gasteiger partial charge in [0.15, 0.2) is 17.5 Å². The third-order valence-electron chi connectivity index (χ3n) is 5.29. The summed E-state index contributed by atoms with van der Waals surface area (Å²) in [5, 5.41) is 6.88. The first kappa shape index (κ1) is 16.9. The zero-order valence-corrected chi connectivity index (χ0v) is 14.9. The van der Waals surface area contributed by atoms with Crippen molar-refractivity contribution >= 4 is 5.96 Å². The van der Waals surface area contributed by atoms with E-state index in [1.165, 1.54) is 25.7 Å². The standard InChI is InChI=1S/C19H29N3O2/c1-3-19(8-4-9-19)14-22-18(20-2)21-13-15-6-7-16-17(12-15)24-11-5-10-23-16/h6-7,12H,3-5,8-11,13-14H2,1-2H3,(H2,20,21,22). The highest BCUT2D eigenvalue weighted by molar-refractivity contribution is 5.79. The molecule has 2 N–H and O–H groups in total. The summed E-state index contributed by atoms with van der Waals surface area (Å²) in [6.45, 7) is 5.45. The average molecular weight is 331 g/mol. The minimum atomic E-state index is 0.479. The van der Waals surface area contributed by atoms with Crippen LogP contribution in [0.5, 0.6) is 11.5 Å². The van der Waals surface area contributed by atoms with Gasteiger partial charge in [0.1, 0.15) is 0 Å². The molecule has 0 unspecified atom stereocenters. The molecule has 1 fully saturated rings. The van der Waals surface area contributed by atoms with E-state index in [0.29, 0.717) is 12.0 Å². The van der Waals surface area contributed by atoms with Crippen LogP contribution >= 0.6 is 0 Å². The third kappa shape index (κ3) is 3.94. The van der Waals surface area contributed by atoms with Gasteiger partial charge in [-0.2, -0.15) is 0 Å². The van der Waals surface area contributed by atoms with E-state index >= 15 is 0 Å². The number of benzene rings is 1. The molecule has 1 heterocycles. The fraction of sp³-hybridized carbons (Fsp3) is 0.632. The Morgan fingerprint density at radius 2 is 1.92 bits per heavy atom. The smallest absolute Gasteiger partial charge is 0.191 e. The van der Waals surface area contributed by atoms with Crippen LogP contribution in [0, 0.1) is 5.41 Å². The molecule has 132 valence electrons. The lowest BCUT2D eigenvalue weighted by atomic mass is 9.67. The molecule has 24 heavy (non-hydrogen) atoms. The number of aliphatic imine (C=N–C) groups is 1. The van der Waals surface area contributed by atoms with Crippen molar-refractivity contribution in [2.24, 2.45) is 10.4 Å². The lowest BCUT2D eigenvalue weighted by molar-refractivity contribution is 0.131. The van der Waals surface area contributed by atoms with Crippen molar-refractivity contribution in [3.63, 3.8) is 0 Å². The predicted octanol–water partition coefficient (Wildman–Crippen LogP) is 3.09. The molecule has 0 spiro atoms. The Hall–Kier alpha value is -1.91. The zero-order valence-electron chi connectivity index (χ0n) is 14.9. The second-order valence-corrected chi connectivity index (χ2v) is 6.82. The van der Waals surface area contributed by atoms with E-state index in [0.717, 1.165) is 49.1 Å². The van der Waals surface area contributed by atoms with E-state index in [1.54, 1.807) is 0 Å². The van der Waals surface area contributed by atoms with Crippen LogP contribution < -0.4 is 20.1 Å². The number of guanidine groups is 1. The van der Waals surface area contributed by atoms with Crippen molar-refractivity contribution in [3.8, 4) is 11.5 Å². The first-order valence-electron chi connectivity index (χ1n) is 9.08. The molecule has 0 atom stereocenters. The molecule has 0 amide bonds. The minimum Gasteiger partial charge on any atom is -0.490 e. The van der Waals surface area contributed by atoms with E-state index in [4.69, 9.17) is 9.47 Å². The molecule has 1 saturated carbocycles. The van der Waals surface area contributed by atoms with Crippen molar-refractivity contribution in [2.45, 2.75) is 45.6 Å². The van der Waals surface area contributed by atoms with Gasteiger partial charge in [-0.05, 0) is 42.4 Å². The van der Waals surface area contributed by atoms with Gasteiger partial charge >= 0.3 is 0 Å². The first-order valence-corrected chi connectivity index (χ1v) is 9.08. The molecule has 1 aliphatic carbocycles. The number of hydrogen-bond donors (Lipinski definition) is 2. The van der Waals surface area contributed by atoms with Crippen molar-refractivity contribution in [2.75, 3.05) is 26.8 Å². The normalized spacial score (nSPS) is 19.2. The molecule has 3 rings (SSSR count). The molecule has 0 saturated heterocycles. The third-order valence-corrected chi connectivity index (χ3v) is 5.29. The number of fused-ring (bicyclic) bond motifs is 1. The Morgan fingerprint density at radius 1 is 1.12 bits per heavy atom. The number of hydrogen-bond acceptors (Lipinski definition) is 3. The highest BCUT2D eigenvalue weighted by Crippen LogP contribution is 2.43. The van der Waals surface area contributed by atoms with Gasteiger partial charge < -0.3 is 20.1 Å². The Balaban J connectivity index is 1.53. The van der Waals surface area contributed by atoms with Gasteiger partial charge in [-0.1, -0.05) is 19.4 Å². The van der Waals surface area contributed by atoms with Gasteiger partial charge in [-0.3, -0.25) is 4.99 Å². The zero-order chi connectivity index (χ0) is 16.8. The fourth-order valence-corrected chi connectivity index (χ4v) is 3.33. The maximum Gasteiger partial charge on any atom is 0.191 e. The summed E-state index contributed by atoms with van der Waals surface area (Å²) >= 11 is 0. The molecule has 5 heteroatoms. The maximum atomic E-state index is 5.75. The van der Waals surface area contributed by atoms with Crippen molar-refractivity contribution in [1.29, 1.82) is 0 Å². The number of nitrogens with one attached hydrogen (secondary N) is 2. The number of rotatable bonds is 5. The lowest BCUT2D eigenvalue weighted by Gasteiger charge is -2.41. The molecule has 5 nitrogen and oxygen atoms in total. The number of nitrogens with zero attached hydrogens (tertiary/aromatic N) is 1. The highest BCUT2D eigenvalue weighted by Gasteiger charge is 2.34. The molecule has 1 aromatic carbocycles. The molecule has 0 bridgehead atoms. The van der Waals surface area contributed by atoms with Crippen LogP contribution in [0.15, 0.2) is 23.2 Å². The van der Waals surface area contributed by atoms with E-state index in [-0.39, 0.29) is 0 Å². The predicted molar refractivity (Wildman–Crippen MR) is 96.8 cm³/mol. The molecular weight excluding hydrogens is 302 g/mol. The molecule has 2 aliphatic rings. The molecule has 0 aromatic heterocycles. The summed E-state index contributed by atoms with van der Waals surface area (Å²) < 4.78 is 11.4. The SMILES string of the molecule is CCC1(CNC(=NC)NCc2ccc3c(c2)OCCCO3)CCC1. The van der Waals surface area contributed by atoms with E-state index in [9.17, 15) is 0 Å². The van der Waals surface area contributed by atoms with Gasteiger partial charge in [-0.15, -0.1) is 0 Å². The minimum absolute atomic E-state index is 0.479. The summed E-state index contributed by atoms with van der Waals surface area (Å²) in [6, 6.07) is 6.13. The van der Waals surface area contributed by atoms with Gasteiger partial charge in [0.25, 0.3) is 0 Å². The molecule has 1 aromatic rings. The number of ether oxygens (including phenoxy) is 2. The Kier molecular flexibility index (Phi) is 5.48. The van der Waals surface area contributed by atoms with E-state index < -0.39 is 0 Å². The fourth-order valence-electron chi connectivity index (χ4n) is 3.33. The van der Waals surface area contributed by atoms with Gasteiger partial charge in [-0.25, -0.2) is 0 Å². The topological polar surface area (TPSA) is 54.9 Å². The second kappa shape index (κ2) is 7.77. The Labute approximate surface area is 144 Å². The summed E-state index contributed by atoms with van der Waals surface area (Å²) in [5.74, 6) is 2.55. The van der Waals surface area contributed by atoms with E-state index in [1.807, 2.05) is 13.1 Å². The van der Waals surface area contributed by atoms with E-state index in [2.05, 4.69) is 34.7 Å². The summed E-state index contributed by atoms with van der Waals surface area (Å²) in [4.78, 5) is 4.34. The van der Waals surface area contributed by atoms with Crippen molar-refractivity contribution in [3.05, 3.63) is 23.8 Å². The van der Waals surface area contributed by atoms with Gasteiger partial charge in [0.05, 0.1) is 13.2 Å².